The van der Waals surface area contributed by atoms with Gasteiger partial charge >= 0.3 is 6.18 Å². The Morgan fingerprint density at radius 3 is 2.67 bits per heavy atom. The number of halogens is 4. The second kappa shape index (κ2) is 5.91. The Hall–Kier alpha value is -1.48. The summed E-state index contributed by atoms with van der Waals surface area (Å²) in [5.74, 6) is 2.46. The van der Waals surface area contributed by atoms with Crippen molar-refractivity contribution in [2.75, 3.05) is 5.32 Å². The summed E-state index contributed by atoms with van der Waals surface area (Å²) in [7, 11) is 0. The number of nitrogens with zero attached hydrogens (tertiary/aromatic N) is 2. The lowest BCUT2D eigenvalue weighted by Gasteiger charge is -2.16. The van der Waals surface area contributed by atoms with E-state index in [-0.39, 0.29) is 11.9 Å². The highest BCUT2D eigenvalue weighted by molar-refractivity contribution is 6.28. The van der Waals surface area contributed by atoms with Crippen LogP contribution in [0, 0.1) is 12.3 Å². The number of alkyl halides is 3. The van der Waals surface area contributed by atoms with Crippen molar-refractivity contribution in [1.29, 1.82) is 0 Å². The van der Waals surface area contributed by atoms with E-state index in [1.54, 1.807) is 0 Å². The fourth-order valence-corrected chi connectivity index (χ4v) is 1.47. The second-order valence-electron chi connectivity index (χ2n) is 3.56. The molecular weight excluding hydrogens is 267 g/mol. The van der Waals surface area contributed by atoms with Gasteiger partial charge in [-0.05, 0) is 18.0 Å². The van der Waals surface area contributed by atoms with Gasteiger partial charge in [0.25, 0.3) is 0 Å². The Balaban J connectivity index is 2.97. The summed E-state index contributed by atoms with van der Waals surface area (Å²) in [6, 6.07) is 0.660. The second-order valence-corrected chi connectivity index (χ2v) is 3.90. The van der Waals surface area contributed by atoms with Gasteiger partial charge in [-0.15, -0.1) is 12.3 Å². The molecular formula is C11H11ClF3N3. The Bertz CT molecular complexity index is 454. The fourth-order valence-electron chi connectivity index (χ4n) is 1.29. The van der Waals surface area contributed by atoms with Gasteiger partial charge in [-0.25, -0.2) is 9.97 Å². The molecule has 0 aromatic carbocycles. The highest BCUT2D eigenvalue weighted by Crippen LogP contribution is 2.29. The molecule has 7 heteroatoms. The van der Waals surface area contributed by atoms with Gasteiger partial charge in [0.05, 0.1) is 0 Å². The molecule has 98 valence electrons. The maximum absolute atomic E-state index is 12.5. The molecule has 18 heavy (non-hydrogen) atoms. The quantitative estimate of drug-likeness (QED) is 0.677. The Labute approximate surface area is 108 Å². The van der Waals surface area contributed by atoms with Gasteiger partial charge in [0.2, 0.25) is 5.28 Å². The molecule has 1 unspecified atom stereocenters. The molecule has 1 atom stereocenters. The normalized spacial score (nSPS) is 12.9. The third kappa shape index (κ3) is 4.08. The molecule has 1 N–H and O–H groups in total. The van der Waals surface area contributed by atoms with E-state index in [0.29, 0.717) is 12.8 Å². The molecule has 0 radical (unpaired) electrons. The van der Waals surface area contributed by atoms with Gasteiger partial charge in [-0.1, -0.05) is 6.92 Å². The van der Waals surface area contributed by atoms with Crippen LogP contribution in [0.3, 0.4) is 0 Å². The van der Waals surface area contributed by atoms with Crippen molar-refractivity contribution >= 4 is 17.4 Å². The van der Waals surface area contributed by atoms with E-state index in [1.165, 1.54) is 0 Å². The average molecular weight is 278 g/mol. The first-order valence-electron chi connectivity index (χ1n) is 5.18. The molecule has 1 aromatic rings. The first-order chi connectivity index (χ1) is 8.36. The van der Waals surface area contributed by atoms with E-state index in [0.717, 1.165) is 6.07 Å². The number of rotatable bonds is 4. The standard InChI is InChI=1S/C11H11ClF3N3/c1-3-5-7(4-2)16-9-6-8(11(13,14)15)17-10(12)18-9/h1,6-7H,4-5H2,2H3,(H,16,17,18). The SMILES string of the molecule is C#CCC(CC)Nc1cc(C(F)(F)F)nc(Cl)n1. The smallest absolute Gasteiger partial charge is 0.366 e. The molecule has 0 aliphatic heterocycles. The number of aromatic nitrogens is 2. The van der Waals surface area contributed by atoms with Crippen LogP contribution in [-0.2, 0) is 6.18 Å². The minimum atomic E-state index is -4.56. The minimum Gasteiger partial charge on any atom is -0.366 e. The van der Waals surface area contributed by atoms with Crippen LogP contribution in [0.5, 0.6) is 0 Å². The Morgan fingerprint density at radius 1 is 1.50 bits per heavy atom. The van der Waals surface area contributed by atoms with Crippen LogP contribution in [0.25, 0.3) is 0 Å². The van der Waals surface area contributed by atoms with Crippen molar-refractivity contribution in [2.24, 2.45) is 0 Å². The third-order valence-corrected chi connectivity index (χ3v) is 2.37. The lowest BCUT2D eigenvalue weighted by Crippen LogP contribution is -2.19. The molecule has 0 amide bonds. The lowest BCUT2D eigenvalue weighted by molar-refractivity contribution is -0.141. The largest absolute Gasteiger partial charge is 0.433 e. The molecule has 1 aromatic heterocycles. The highest BCUT2D eigenvalue weighted by Gasteiger charge is 2.33. The van der Waals surface area contributed by atoms with Crippen molar-refractivity contribution in [2.45, 2.75) is 32.0 Å². The summed E-state index contributed by atoms with van der Waals surface area (Å²) < 4.78 is 37.5. The zero-order valence-corrected chi connectivity index (χ0v) is 10.3. The summed E-state index contributed by atoms with van der Waals surface area (Å²) in [6.07, 6.45) is 1.65. The number of anilines is 1. The first kappa shape index (κ1) is 14.6. The zero-order chi connectivity index (χ0) is 13.8. The van der Waals surface area contributed by atoms with E-state index in [4.69, 9.17) is 18.0 Å². The lowest BCUT2D eigenvalue weighted by atomic mass is 10.1. The Kier molecular flexibility index (Phi) is 4.79. The van der Waals surface area contributed by atoms with Crippen LogP contribution < -0.4 is 5.32 Å². The topological polar surface area (TPSA) is 37.8 Å². The molecule has 1 rings (SSSR count). The number of hydrogen-bond donors (Lipinski definition) is 1. The number of nitrogens with one attached hydrogen (secondary N) is 1. The van der Waals surface area contributed by atoms with E-state index >= 15 is 0 Å². The molecule has 0 saturated heterocycles. The summed E-state index contributed by atoms with van der Waals surface area (Å²) in [5, 5.41) is 2.35. The summed E-state index contributed by atoms with van der Waals surface area (Å²) >= 11 is 5.46. The van der Waals surface area contributed by atoms with Gasteiger partial charge in [0, 0.05) is 18.5 Å². The van der Waals surface area contributed by atoms with Crippen LogP contribution in [-0.4, -0.2) is 16.0 Å². The third-order valence-electron chi connectivity index (χ3n) is 2.20. The maximum Gasteiger partial charge on any atom is 0.433 e. The molecule has 0 saturated carbocycles. The van der Waals surface area contributed by atoms with Crippen molar-refractivity contribution in [3.05, 3.63) is 17.0 Å². The zero-order valence-electron chi connectivity index (χ0n) is 9.55. The van der Waals surface area contributed by atoms with Gasteiger partial charge in [0.15, 0.2) is 5.69 Å². The van der Waals surface area contributed by atoms with E-state index < -0.39 is 17.2 Å². The monoisotopic (exact) mass is 277 g/mol. The van der Waals surface area contributed by atoms with E-state index in [9.17, 15) is 13.2 Å². The predicted molar refractivity (Wildman–Crippen MR) is 63.2 cm³/mol. The molecule has 3 nitrogen and oxygen atoms in total. The van der Waals surface area contributed by atoms with Crippen molar-refractivity contribution in [3.8, 4) is 12.3 Å². The van der Waals surface area contributed by atoms with Gasteiger partial charge in [-0.2, -0.15) is 13.2 Å². The fraction of sp³-hybridized carbons (Fsp3) is 0.455. The van der Waals surface area contributed by atoms with Crippen molar-refractivity contribution < 1.29 is 13.2 Å². The molecule has 1 heterocycles. The highest BCUT2D eigenvalue weighted by atomic mass is 35.5. The van der Waals surface area contributed by atoms with Gasteiger partial charge in [-0.3, -0.25) is 0 Å². The van der Waals surface area contributed by atoms with Crippen molar-refractivity contribution in [1.82, 2.24) is 9.97 Å². The van der Waals surface area contributed by atoms with Crippen LogP contribution >= 0.6 is 11.6 Å². The van der Waals surface area contributed by atoms with Crippen LogP contribution in [0.2, 0.25) is 5.28 Å². The van der Waals surface area contributed by atoms with Crippen LogP contribution in [0.15, 0.2) is 6.07 Å². The molecule has 0 bridgehead atoms. The maximum atomic E-state index is 12.5. The summed E-state index contributed by atoms with van der Waals surface area (Å²) in [5.41, 5.74) is -1.08. The van der Waals surface area contributed by atoms with Crippen LogP contribution in [0.1, 0.15) is 25.5 Å². The van der Waals surface area contributed by atoms with Crippen molar-refractivity contribution in [3.63, 3.8) is 0 Å². The van der Waals surface area contributed by atoms with Gasteiger partial charge < -0.3 is 5.32 Å². The summed E-state index contributed by atoms with van der Waals surface area (Å²) in [4.78, 5) is 6.83. The summed E-state index contributed by atoms with van der Waals surface area (Å²) in [6.45, 7) is 1.86. The molecule has 0 aliphatic carbocycles. The van der Waals surface area contributed by atoms with E-state index in [1.807, 2.05) is 6.92 Å². The van der Waals surface area contributed by atoms with E-state index in [2.05, 4.69) is 21.2 Å². The minimum absolute atomic E-state index is 0.0180. The number of terminal acetylenes is 1. The molecule has 0 aliphatic rings. The molecule has 0 spiro atoms. The number of hydrogen-bond acceptors (Lipinski definition) is 3. The molecule has 0 fully saturated rings. The first-order valence-corrected chi connectivity index (χ1v) is 5.56. The predicted octanol–water partition coefficient (Wildman–Crippen LogP) is 3.36. The average Bonchev–Trinajstić information content (AvgIpc) is 2.26. The van der Waals surface area contributed by atoms with Crippen LogP contribution in [0.4, 0.5) is 19.0 Å². The Morgan fingerprint density at radius 2 is 2.17 bits per heavy atom. The van der Waals surface area contributed by atoms with Gasteiger partial charge in [0.1, 0.15) is 5.82 Å².